The summed E-state index contributed by atoms with van der Waals surface area (Å²) in [6, 6.07) is 0. The van der Waals surface area contributed by atoms with E-state index in [1.54, 1.807) is 0 Å². The van der Waals surface area contributed by atoms with Crippen LogP contribution in [0.2, 0.25) is 0 Å². The van der Waals surface area contributed by atoms with Crippen LogP contribution in [0.5, 0.6) is 0 Å². The van der Waals surface area contributed by atoms with Gasteiger partial charge in [0.2, 0.25) is 0 Å². The number of aliphatic hydroxyl groups excluding tert-OH is 1. The Morgan fingerprint density at radius 3 is 1.25 bits per heavy atom. The van der Waals surface area contributed by atoms with Gasteiger partial charge in [0.15, 0.2) is 0 Å². The van der Waals surface area contributed by atoms with Crippen LogP contribution in [0.4, 0.5) is 0 Å². The normalized spacial score (nSPS) is 1.50. The van der Waals surface area contributed by atoms with E-state index in [-0.39, 0.29) is 24.3 Å². The standard InChI is InChI=1S/CH4O.Li.H2O/c1-2;;/h2H,1H3;;1H2/q;+1;/p-1. The molecule has 4 heavy (non-hydrogen) atoms. The van der Waals surface area contributed by atoms with Gasteiger partial charge in [-0.05, 0) is 0 Å². The summed E-state index contributed by atoms with van der Waals surface area (Å²) in [5, 5.41) is 7.00. The molecular formula is CH5LiO2. The van der Waals surface area contributed by atoms with E-state index in [1.807, 2.05) is 0 Å². The topological polar surface area (TPSA) is 50.2 Å². The number of rotatable bonds is 0. The van der Waals surface area contributed by atoms with E-state index in [0.717, 1.165) is 7.11 Å². The maximum Gasteiger partial charge on any atom is 1.00 e. The Morgan fingerprint density at radius 2 is 1.25 bits per heavy atom. The Bertz CT molecular complexity index is 6.00. The van der Waals surface area contributed by atoms with Crippen LogP contribution in [-0.2, 0) is 0 Å². The number of hydrogen-bond acceptors (Lipinski definition) is 2. The predicted octanol–water partition coefficient (Wildman–Crippen LogP) is -3.56. The SMILES string of the molecule is CO.[Li+].[OH-]. The second-order valence-corrected chi connectivity index (χ2v) is 0. The molecule has 0 unspecified atom stereocenters. The van der Waals surface area contributed by atoms with E-state index >= 15 is 0 Å². The first-order chi connectivity index (χ1) is 1.00. The van der Waals surface area contributed by atoms with Crippen molar-refractivity contribution in [2.45, 2.75) is 0 Å². The molecule has 3 heteroatoms. The molecule has 0 atom stereocenters. The van der Waals surface area contributed by atoms with E-state index in [0.29, 0.717) is 0 Å². The molecule has 2 nitrogen and oxygen atoms in total. The Balaban J connectivity index is -0.00000000500. The smallest absolute Gasteiger partial charge is 0.870 e. The average molecular weight is 56.0 g/mol. The maximum atomic E-state index is 7.00. The molecule has 0 bridgehead atoms. The van der Waals surface area contributed by atoms with Crippen molar-refractivity contribution >= 4 is 0 Å². The van der Waals surface area contributed by atoms with E-state index in [4.69, 9.17) is 5.11 Å². The molecule has 0 fully saturated rings. The third-order valence-corrected chi connectivity index (χ3v) is 0. The second kappa shape index (κ2) is 83.3. The molecule has 0 aromatic heterocycles. The van der Waals surface area contributed by atoms with E-state index in [9.17, 15) is 0 Å². The van der Waals surface area contributed by atoms with Crippen LogP contribution in [0.1, 0.15) is 0 Å². The van der Waals surface area contributed by atoms with Crippen molar-refractivity contribution in [3.05, 3.63) is 0 Å². The quantitative estimate of drug-likeness (QED) is 0.292. The van der Waals surface area contributed by atoms with Crippen molar-refractivity contribution in [3.8, 4) is 0 Å². The summed E-state index contributed by atoms with van der Waals surface area (Å²) >= 11 is 0. The summed E-state index contributed by atoms with van der Waals surface area (Å²) in [6.45, 7) is 0. The third-order valence-electron chi connectivity index (χ3n) is 0. The Kier molecular flexibility index (Phi) is 505. The largest absolute Gasteiger partial charge is 1.00 e. The Labute approximate surface area is 37.3 Å². The molecule has 0 aromatic carbocycles. The third kappa shape index (κ3) is 21.7. The van der Waals surface area contributed by atoms with Gasteiger partial charge < -0.3 is 10.6 Å². The molecule has 0 rings (SSSR count). The van der Waals surface area contributed by atoms with Crippen LogP contribution in [0.3, 0.4) is 0 Å². The molecule has 0 heterocycles. The molecular weight excluding hydrogens is 51.0 g/mol. The number of aliphatic hydroxyl groups is 1. The molecule has 2 N–H and O–H groups in total. The summed E-state index contributed by atoms with van der Waals surface area (Å²) in [7, 11) is 1.00. The second-order valence-electron chi connectivity index (χ2n) is 0. The first-order valence-corrected chi connectivity index (χ1v) is 0.447. The fourth-order valence-corrected chi connectivity index (χ4v) is 0. The van der Waals surface area contributed by atoms with Gasteiger partial charge in [-0.3, -0.25) is 0 Å². The van der Waals surface area contributed by atoms with Gasteiger partial charge in [0, 0.05) is 7.11 Å². The fourth-order valence-electron chi connectivity index (χ4n) is 0. The van der Waals surface area contributed by atoms with E-state index in [2.05, 4.69) is 0 Å². The molecule has 0 radical (unpaired) electrons. The summed E-state index contributed by atoms with van der Waals surface area (Å²) in [4.78, 5) is 0. The molecule has 0 aliphatic heterocycles. The van der Waals surface area contributed by atoms with E-state index in [1.165, 1.54) is 0 Å². The minimum Gasteiger partial charge on any atom is -0.870 e. The van der Waals surface area contributed by atoms with Crippen LogP contribution in [-0.4, -0.2) is 17.7 Å². The van der Waals surface area contributed by atoms with Gasteiger partial charge in [0.25, 0.3) is 0 Å². The molecule has 0 aliphatic rings. The van der Waals surface area contributed by atoms with Gasteiger partial charge >= 0.3 is 18.9 Å². The zero-order valence-electron chi connectivity index (χ0n) is 2.89. The fraction of sp³-hybridized carbons (Fsp3) is 1.00. The zero-order chi connectivity index (χ0) is 2.00. The van der Waals surface area contributed by atoms with Crippen molar-refractivity contribution in [1.29, 1.82) is 0 Å². The number of hydrogen-bond donors (Lipinski definition) is 1. The predicted molar refractivity (Wildman–Crippen MR) is 10.1 cm³/mol. The minimum absolute atomic E-state index is 0. The van der Waals surface area contributed by atoms with Gasteiger partial charge in [-0.1, -0.05) is 0 Å². The zero-order valence-corrected chi connectivity index (χ0v) is 2.89. The summed E-state index contributed by atoms with van der Waals surface area (Å²) in [5.41, 5.74) is 0. The van der Waals surface area contributed by atoms with Gasteiger partial charge in [0.1, 0.15) is 0 Å². The summed E-state index contributed by atoms with van der Waals surface area (Å²) in [6.07, 6.45) is 0. The Hall–Kier alpha value is 0.517. The first kappa shape index (κ1) is 24.3. The van der Waals surface area contributed by atoms with Crippen LogP contribution in [0.25, 0.3) is 0 Å². The van der Waals surface area contributed by atoms with Gasteiger partial charge in [0.05, 0.1) is 0 Å². The van der Waals surface area contributed by atoms with Crippen LogP contribution >= 0.6 is 0 Å². The van der Waals surface area contributed by atoms with E-state index < -0.39 is 0 Å². The maximum absolute atomic E-state index is 7.00. The van der Waals surface area contributed by atoms with Crippen molar-refractivity contribution < 1.29 is 29.4 Å². The van der Waals surface area contributed by atoms with Crippen molar-refractivity contribution in [3.63, 3.8) is 0 Å². The molecule has 0 saturated carbocycles. The summed E-state index contributed by atoms with van der Waals surface area (Å²) in [5.74, 6) is 0. The first-order valence-electron chi connectivity index (χ1n) is 0.447. The summed E-state index contributed by atoms with van der Waals surface area (Å²) < 4.78 is 0. The minimum atomic E-state index is 0. The van der Waals surface area contributed by atoms with Crippen molar-refractivity contribution in [2.24, 2.45) is 0 Å². The Morgan fingerprint density at radius 1 is 1.25 bits per heavy atom. The van der Waals surface area contributed by atoms with Crippen LogP contribution in [0, 0.1) is 0 Å². The monoisotopic (exact) mass is 56.0 g/mol. The van der Waals surface area contributed by atoms with Gasteiger partial charge in [-0.25, -0.2) is 0 Å². The van der Waals surface area contributed by atoms with Crippen LogP contribution < -0.4 is 18.9 Å². The molecule has 0 aromatic rings. The van der Waals surface area contributed by atoms with Gasteiger partial charge in [-0.15, -0.1) is 0 Å². The molecule has 22 valence electrons. The van der Waals surface area contributed by atoms with Gasteiger partial charge in [-0.2, -0.15) is 0 Å². The molecule has 0 aliphatic carbocycles. The average Bonchev–Trinajstić information content (AvgIpc) is 1.00. The van der Waals surface area contributed by atoms with Crippen molar-refractivity contribution in [1.82, 2.24) is 0 Å². The molecule has 0 saturated heterocycles. The molecule has 0 spiro atoms. The van der Waals surface area contributed by atoms with Crippen LogP contribution in [0.15, 0.2) is 0 Å². The van der Waals surface area contributed by atoms with Crippen molar-refractivity contribution in [2.75, 3.05) is 7.11 Å². The molecule has 0 amide bonds.